The van der Waals surface area contributed by atoms with Crippen LogP contribution < -0.4 is 10.2 Å². The molecule has 2 amide bonds. The number of amides is 2. The van der Waals surface area contributed by atoms with E-state index in [1.54, 1.807) is 17.0 Å². The summed E-state index contributed by atoms with van der Waals surface area (Å²) < 4.78 is 4.91. The molecular formula is C19H14Cl2N2O3. The van der Waals surface area contributed by atoms with Crippen LogP contribution in [-0.4, -0.2) is 31.7 Å². The van der Waals surface area contributed by atoms with E-state index in [1.807, 2.05) is 24.3 Å². The maximum atomic E-state index is 12.1. The van der Waals surface area contributed by atoms with Crippen molar-refractivity contribution in [1.82, 2.24) is 5.32 Å². The van der Waals surface area contributed by atoms with E-state index in [-0.39, 0.29) is 18.5 Å². The van der Waals surface area contributed by atoms with Crippen LogP contribution >= 0.6 is 23.2 Å². The van der Waals surface area contributed by atoms with Crippen molar-refractivity contribution >= 4 is 40.9 Å². The van der Waals surface area contributed by atoms with Gasteiger partial charge in [-0.3, -0.25) is 9.69 Å². The van der Waals surface area contributed by atoms with Crippen LogP contribution in [0.25, 0.3) is 0 Å². The Morgan fingerprint density at radius 2 is 1.96 bits per heavy atom. The van der Waals surface area contributed by atoms with Crippen molar-refractivity contribution in [3.8, 4) is 11.8 Å². The van der Waals surface area contributed by atoms with Crippen LogP contribution in [0.4, 0.5) is 10.5 Å². The van der Waals surface area contributed by atoms with E-state index in [2.05, 4.69) is 17.2 Å². The maximum Gasteiger partial charge on any atom is 0.414 e. The molecule has 26 heavy (non-hydrogen) atoms. The summed E-state index contributed by atoms with van der Waals surface area (Å²) in [6.07, 6.45) is -0.340. The lowest BCUT2D eigenvalue weighted by atomic mass is 10.2. The highest BCUT2D eigenvalue weighted by molar-refractivity contribution is 6.36. The highest BCUT2D eigenvalue weighted by atomic mass is 35.5. The molecule has 132 valence electrons. The van der Waals surface area contributed by atoms with Gasteiger partial charge in [0.1, 0.15) is 6.61 Å². The minimum Gasteiger partial charge on any atom is -0.447 e. The Kier molecular flexibility index (Phi) is 5.67. The molecule has 2 aromatic carbocycles. The maximum absolute atomic E-state index is 12.1. The normalized spacial score (nSPS) is 13.0. The molecule has 1 fully saturated rings. The van der Waals surface area contributed by atoms with E-state index in [4.69, 9.17) is 27.9 Å². The molecule has 3 rings (SSSR count). The zero-order valence-corrected chi connectivity index (χ0v) is 15.1. The van der Waals surface area contributed by atoms with Gasteiger partial charge in [0.05, 0.1) is 23.7 Å². The van der Waals surface area contributed by atoms with Gasteiger partial charge in [-0.15, -0.1) is 0 Å². The fourth-order valence-electron chi connectivity index (χ4n) is 2.39. The van der Waals surface area contributed by atoms with Crippen LogP contribution in [0.2, 0.25) is 10.0 Å². The molecule has 0 spiro atoms. The van der Waals surface area contributed by atoms with Crippen molar-refractivity contribution in [2.45, 2.75) is 0 Å². The molecule has 1 aliphatic heterocycles. The van der Waals surface area contributed by atoms with Crippen LogP contribution in [0.5, 0.6) is 0 Å². The molecule has 5 nitrogen and oxygen atoms in total. The van der Waals surface area contributed by atoms with Crippen molar-refractivity contribution in [3.05, 3.63) is 63.6 Å². The highest BCUT2D eigenvalue weighted by Gasteiger charge is 2.23. The Hall–Kier alpha value is -2.68. The van der Waals surface area contributed by atoms with Crippen molar-refractivity contribution in [2.24, 2.45) is 0 Å². The summed E-state index contributed by atoms with van der Waals surface area (Å²) in [6, 6.07) is 11.9. The van der Waals surface area contributed by atoms with Gasteiger partial charge in [-0.05, 0) is 42.5 Å². The van der Waals surface area contributed by atoms with Gasteiger partial charge in [0, 0.05) is 16.3 Å². The molecule has 0 aliphatic carbocycles. The molecule has 0 saturated carbocycles. The molecule has 0 bridgehead atoms. The molecule has 1 aliphatic rings. The quantitative estimate of drug-likeness (QED) is 0.814. The summed E-state index contributed by atoms with van der Waals surface area (Å²) in [6.45, 7) is 1.12. The van der Waals surface area contributed by atoms with E-state index in [0.717, 1.165) is 11.3 Å². The molecule has 0 radical (unpaired) electrons. The average Bonchev–Trinajstić information content (AvgIpc) is 3.05. The number of ether oxygens (including phenoxy) is 1. The van der Waals surface area contributed by atoms with E-state index in [0.29, 0.717) is 28.8 Å². The lowest BCUT2D eigenvalue weighted by molar-refractivity contribution is 0.0959. The summed E-state index contributed by atoms with van der Waals surface area (Å²) >= 11 is 11.8. The predicted molar refractivity (Wildman–Crippen MR) is 101 cm³/mol. The minimum atomic E-state index is -0.340. The second-order valence-corrected chi connectivity index (χ2v) is 6.27. The summed E-state index contributed by atoms with van der Waals surface area (Å²) in [5.41, 5.74) is 1.89. The molecule has 0 unspecified atom stereocenters. The molecule has 1 N–H and O–H groups in total. The van der Waals surface area contributed by atoms with Crippen LogP contribution in [0, 0.1) is 11.8 Å². The van der Waals surface area contributed by atoms with Crippen molar-refractivity contribution < 1.29 is 14.3 Å². The Balaban J connectivity index is 1.56. The smallest absolute Gasteiger partial charge is 0.414 e. The Morgan fingerprint density at radius 3 is 2.62 bits per heavy atom. The fourth-order valence-corrected chi connectivity index (χ4v) is 2.89. The third-order valence-corrected chi connectivity index (χ3v) is 4.23. The van der Waals surface area contributed by atoms with Gasteiger partial charge >= 0.3 is 6.09 Å². The third-order valence-electron chi connectivity index (χ3n) is 3.69. The van der Waals surface area contributed by atoms with Gasteiger partial charge in [0.25, 0.3) is 5.91 Å². The van der Waals surface area contributed by atoms with Crippen LogP contribution in [0.1, 0.15) is 15.9 Å². The first kappa shape index (κ1) is 18.1. The number of hydrogen-bond acceptors (Lipinski definition) is 3. The van der Waals surface area contributed by atoms with E-state index in [1.165, 1.54) is 6.07 Å². The zero-order chi connectivity index (χ0) is 18.5. The predicted octanol–water partition coefficient (Wildman–Crippen LogP) is 3.73. The molecule has 1 heterocycles. The lowest BCUT2D eigenvalue weighted by Gasteiger charge is -2.11. The van der Waals surface area contributed by atoms with Gasteiger partial charge in [-0.25, -0.2) is 4.79 Å². The fraction of sp³-hybridized carbons (Fsp3) is 0.158. The Morgan fingerprint density at radius 1 is 1.19 bits per heavy atom. The SMILES string of the molecule is O=C(NCC#Cc1ccc(N2CCOC2=O)cc1)c1ccc(Cl)cc1Cl. The molecule has 2 aromatic rings. The van der Waals surface area contributed by atoms with Crippen LogP contribution in [-0.2, 0) is 4.74 Å². The second-order valence-electron chi connectivity index (χ2n) is 5.42. The largest absolute Gasteiger partial charge is 0.447 e. The van der Waals surface area contributed by atoms with E-state index < -0.39 is 0 Å². The standard InChI is InChI=1S/C19H14Cl2N2O3/c20-14-5-8-16(17(21)12-14)18(24)22-9-1-2-13-3-6-15(7-4-13)23-10-11-26-19(23)25/h3-8,12H,9-11H2,(H,22,24). The zero-order valence-electron chi connectivity index (χ0n) is 13.6. The molecule has 1 saturated heterocycles. The van der Waals surface area contributed by atoms with Gasteiger partial charge in [0.15, 0.2) is 0 Å². The summed E-state index contributed by atoms with van der Waals surface area (Å²) in [4.78, 5) is 25.1. The van der Waals surface area contributed by atoms with Gasteiger partial charge < -0.3 is 10.1 Å². The number of nitrogens with zero attached hydrogens (tertiary/aromatic N) is 1. The number of anilines is 1. The van der Waals surface area contributed by atoms with Crippen molar-refractivity contribution in [3.63, 3.8) is 0 Å². The first-order chi connectivity index (χ1) is 12.5. The number of halogens is 2. The number of rotatable bonds is 3. The first-order valence-electron chi connectivity index (χ1n) is 7.81. The van der Waals surface area contributed by atoms with E-state index >= 15 is 0 Å². The second kappa shape index (κ2) is 8.13. The Labute approximate surface area is 160 Å². The average molecular weight is 389 g/mol. The number of benzene rings is 2. The highest BCUT2D eigenvalue weighted by Crippen LogP contribution is 2.21. The van der Waals surface area contributed by atoms with Crippen molar-refractivity contribution in [1.29, 1.82) is 0 Å². The number of carbonyl (C=O) groups is 2. The number of hydrogen-bond donors (Lipinski definition) is 1. The van der Waals surface area contributed by atoms with E-state index in [9.17, 15) is 9.59 Å². The number of nitrogens with one attached hydrogen (secondary N) is 1. The number of cyclic esters (lactones) is 1. The number of carbonyl (C=O) groups excluding carboxylic acids is 2. The summed E-state index contributed by atoms with van der Waals surface area (Å²) in [5.74, 6) is 5.51. The minimum absolute atomic E-state index is 0.179. The summed E-state index contributed by atoms with van der Waals surface area (Å²) in [5, 5.41) is 3.44. The van der Waals surface area contributed by atoms with Gasteiger partial charge in [-0.2, -0.15) is 0 Å². The monoisotopic (exact) mass is 388 g/mol. The van der Waals surface area contributed by atoms with Crippen LogP contribution in [0.15, 0.2) is 42.5 Å². The topological polar surface area (TPSA) is 58.6 Å². The lowest BCUT2D eigenvalue weighted by Crippen LogP contribution is -2.23. The molecule has 0 aromatic heterocycles. The molecular weight excluding hydrogens is 375 g/mol. The Bertz CT molecular complexity index is 901. The summed E-state index contributed by atoms with van der Waals surface area (Å²) in [7, 11) is 0. The van der Waals surface area contributed by atoms with Gasteiger partial charge in [0.2, 0.25) is 0 Å². The van der Waals surface area contributed by atoms with Crippen LogP contribution in [0.3, 0.4) is 0 Å². The third kappa shape index (κ3) is 4.29. The van der Waals surface area contributed by atoms with Gasteiger partial charge in [-0.1, -0.05) is 35.0 Å². The molecule has 0 atom stereocenters. The molecule has 7 heteroatoms. The first-order valence-corrected chi connectivity index (χ1v) is 8.56. The van der Waals surface area contributed by atoms with Crippen molar-refractivity contribution in [2.75, 3.05) is 24.6 Å².